The zero-order valence-corrected chi connectivity index (χ0v) is 19.7. The minimum Gasteiger partial charge on any atom is -0.445 e. The number of hydrogen-bond acceptors (Lipinski definition) is 6. The molecule has 3 aromatic rings. The molecule has 0 aliphatic heterocycles. The first-order valence-corrected chi connectivity index (χ1v) is 11.6. The smallest absolute Gasteiger partial charge is 0.408 e. The van der Waals surface area contributed by atoms with E-state index in [1.54, 1.807) is 12.1 Å². The van der Waals surface area contributed by atoms with Gasteiger partial charge in [-0.05, 0) is 67.3 Å². The fourth-order valence-corrected chi connectivity index (χ4v) is 4.31. The maximum Gasteiger partial charge on any atom is 0.408 e. The molecule has 1 aliphatic rings. The molecule has 0 saturated heterocycles. The van der Waals surface area contributed by atoms with Gasteiger partial charge in [0.15, 0.2) is 0 Å². The van der Waals surface area contributed by atoms with Gasteiger partial charge in [0, 0.05) is 5.56 Å². The average Bonchev–Trinajstić information content (AvgIpc) is 2.81. The fraction of sp³-hybridized carbons (Fsp3) is 0.370. The van der Waals surface area contributed by atoms with Gasteiger partial charge >= 0.3 is 17.7 Å². The Kier molecular flexibility index (Phi) is 7.01. The first kappa shape index (κ1) is 23.5. The number of rotatable bonds is 6. The third-order valence-electron chi connectivity index (χ3n) is 6.05. The highest BCUT2D eigenvalue weighted by atomic mass is 16.6. The van der Waals surface area contributed by atoms with Crippen LogP contribution in [0.5, 0.6) is 5.75 Å². The zero-order chi connectivity index (χ0) is 24.2. The van der Waals surface area contributed by atoms with Crippen LogP contribution in [0.2, 0.25) is 0 Å². The molecular formula is C27H29NO6. The molecular weight excluding hydrogens is 434 g/mol. The van der Waals surface area contributed by atoms with Crippen LogP contribution in [-0.4, -0.2) is 18.1 Å². The molecule has 7 nitrogen and oxygen atoms in total. The number of aryl methyl sites for hydroxylation is 2. The summed E-state index contributed by atoms with van der Waals surface area (Å²) in [6.45, 7) is 5.58. The predicted octanol–water partition coefficient (Wildman–Crippen LogP) is 4.84. The van der Waals surface area contributed by atoms with E-state index in [-0.39, 0.29) is 18.2 Å². The number of amides is 1. The SMILES string of the molecule is Cc1cc(OC(=O)[C@H](NC(=O)OCc2ccccc2)C(C)C)c2c3c(c(=O)oc2c1)CCCC3. The highest BCUT2D eigenvalue weighted by Gasteiger charge is 2.29. The van der Waals surface area contributed by atoms with Crippen LogP contribution in [0.25, 0.3) is 11.0 Å². The third kappa shape index (κ3) is 5.14. The van der Waals surface area contributed by atoms with Crippen molar-refractivity contribution in [3.05, 3.63) is 75.1 Å². The highest BCUT2D eigenvalue weighted by Crippen LogP contribution is 2.35. The van der Waals surface area contributed by atoms with E-state index in [1.807, 2.05) is 51.1 Å². The first-order valence-electron chi connectivity index (χ1n) is 11.6. The number of fused-ring (bicyclic) bond motifs is 3. The Morgan fingerprint density at radius 1 is 1.06 bits per heavy atom. The van der Waals surface area contributed by atoms with Gasteiger partial charge in [0.1, 0.15) is 24.0 Å². The number of alkyl carbamates (subject to hydrolysis) is 1. The predicted molar refractivity (Wildman–Crippen MR) is 128 cm³/mol. The normalized spacial score (nSPS) is 13.9. The van der Waals surface area contributed by atoms with Gasteiger partial charge in [-0.1, -0.05) is 44.2 Å². The lowest BCUT2D eigenvalue weighted by atomic mass is 9.90. The summed E-state index contributed by atoms with van der Waals surface area (Å²) >= 11 is 0. The van der Waals surface area contributed by atoms with Gasteiger partial charge in [-0.3, -0.25) is 0 Å². The molecule has 0 unspecified atom stereocenters. The molecule has 1 atom stereocenters. The summed E-state index contributed by atoms with van der Waals surface area (Å²) in [4.78, 5) is 38.0. The van der Waals surface area contributed by atoms with Crippen LogP contribution < -0.4 is 15.7 Å². The van der Waals surface area contributed by atoms with E-state index < -0.39 is 18.1 Å². The molecule has 2 aromatic carbocycles. The van der Waals surface area contributed by atoms with Gasteiger partial charge in [-0.15, -0.1) is 0 Å². The van der Waals surface area contributed by atoms with Gasteiger partial charge in [0.25, 0.3) is 0 Å². The molecule has 0 fully saturated rings. The molecule has 0 bridgehead atoms. The molecule has 7 heteroatoms. The molecule has 0 spiro atoms. The van der Waals surface area contributed by atoms with Crippen LogP contribution in [-0.2, 0) is 29.0 Å². The van der Waals surface area contributed by atoms with Crippen molar-refractivity contribution in [2.75, 3.05) is 0 Å². The van der Waals surface area contributed by atoms with Crippen molar-refractivity contribution in [1.82, 2.24) is 5.32 Å². The largest absolute Gasteiger partial charge is 0.445 e. The summed E-state index contributed by atoms with van der Waals surface area (Å²) in [6, 6.07) is 11.9. The second kappa shape index (κ2) is 10.1. The quantitative estimate of drug-likeness (QED) is 0.319. The van der Waals surface area contributed by atoms with E-state index in [0.29, 0.717) is 28.7 Å². The van der Waals surface area contributed by atoms with E-state index in [4.69, 9.17) is 13.9 Å². The van der Waals surface area contributed by atoms with Gasteiger partial charge < -0.3 is 19.2 Å². The number of ether oxygens (including phenoxy) is 2. The Bertz CT molecular complexity index is 1260. The summed E-state index contributed by atoms with van der Waals surface area (Å²) in [5.41, 5.74) is 3.27. The van der Waals surface area contributed by atoms with Crippen LogP contribution >= 0.6 is 0 Å². The van der Waals surface area contributed by atoms with Crippen molar-refractivity contribution in [3.8, 4) is 5.75 Å². The lowest BCUT2D eigenvalue weighted by Crippen LogP contribution is -2.46. The number of nitrogens with one attached hydrogen (secondary N) is 1. The molecule has 178 valence electrons. The summed E-state index contributed by atoms with van der Waals surface area (Å²) in [6.07, 6.45) is 2.56. The van der Waals surface area contributed by atoms with E-state index in [2.05, 4.69) is 5.32 Å². The van der Waals surface area contributed by atoms with Crippen molar-refractivity contribution >= 4 is 23.0 Å². The van der Waals surface area contributed by atoms with Gasteiger partial charge in [-0.25, -0.2) is 14.4 Å². The molecule has 1 aromatic heterocycles. The van der Waals surface area contributed by atoms with Crippen LogP contribution in [0.15, 0.2) is 51.7 Å². The summed E-state index contributed by atoms with van der Waals surface area (Å²) in [5.74, 6) is -0.499. The molecule has 0 radical (unpaired) electrons. The lowest BCUT2D eigenvalue weighted by molar-refractivity contribution is -0.137. The lowest BCUT2D eigenvalue weighted by Gasteiger charge is -2.22. The Hall–Kier alpha value is -3.61. The topological polar surface area (TPSA) is 94.8 Å². The molecule has 1 aliphatic carbocycles. The molecule has 1 heterocycles. The number of benzene rings is 2. The van der Waals surface area contributed by atoms with E-state index >= 15 is 0 Å². The monoisotopic (exact) mass is 463 g/mol. The summed E-state index contributed by atoms with van der Waals surface area (Å²) < 4.78 is 16.7. The van der Waals surface area contributed by atoms with Crippen molar-refractivity contribution in [1.29, 1.82) is 0 Å². The zero-order valence-electron chi connectivity index (χ0n) is 19.7. The van der Waals surface area contributed by atoms with E-state index in [0.717, 1.165) is 36.0 Å². The third-order valence-corrected chi connectivity index (χ3v) is 6.05. The maximum absolute atomic E-state index is 13.2. The van der Waals surface area contributed by atoms with Crippen LogP contribution in [0.3, 0.4) is 0 Å². The van der Waals surface area contributed by atoms with Crippen molar-refractivity contribution < 1.29 is 23.5 Å². The summed E-state index contributed by atoms with van der Waals surface area (Å²) in [5, 5.41) is 3.29. The van der Waals surface area contributed by atoms with Crippen LogP contribution in [0.1, 0.15) is 48.9 Å². The van der Waals surface area contributed by atoms with Crippen LogP contribution in [0, 0.1) is 12.8 Å². The molecule has 4 rings (SSSR count). The number of hydrogen-bond donors (Lipinski definition) is 1. The Balaban J connectivity index is 1.56. The second-order valence-electron chi connectivity index (χ2n) is 9.04. The second-order valence-corrected chi connectivity index (χ2v) is 9.04. The highest BCUT2D eigenvalue weighted by molar-refractivity contribution is 5.92. The Morgan fingerprint density at radius 3 is 2.47 bits per heavy atom. The molecule has 34 heavy (non-hydrogen) atoms. The fourth-order valence-electron chi connectivity index (χ4n) is 4.31. The number of carbonyl (C=O) groups is 2. The van der Waals surface area contributed by atoms with Crippen molar-refractivity contribution in [2.24, 2.45) is 5.92 Å². The van der Waals surface area contributed by atoms with Gasteiger partial charge in [0.05, 0.1) is 5.39 Å². The Morgan fingerprint density at radius 2 is 1.76 bits per heavy atom. The minimum absolute atomic E-state index is 0.0974. The number of esters is 1. The standard InChI is InChI=1S/C27H29NO6/c1-16(2)24(28-27(31)32-15-18-9-5-4-6-10-18)26(30)34-22-14-17(3)13-21-23(22)19-11-7-8-12-20(19)25(29)33-21/h4-6,9-10,13-14,16,24H,7-8,11-12,15H2,1-3H3,(H,28,31)/t24-/m1/s1. The van der Waals surface area contributed by atoms with Gasteiger partial charge in [-0.2, -0.15) is 0 Å². The maximum atomic E-state index is 13.2. The van der Waals surface area contributed by atoms with Crippen molar-refractivity contribution in [2.45, 2.75) is 59.1 Å². The van der Waals surface area contributed by atoms with E-state index in [9.17, 15) is 14.4 Å². The Labute approximate surface area is 198 Å². The van der Waals surface area contributed by atoms with E-state index in [1.165, 1.54) is 0 Å². The van der Waals surface area contributed by atoms with Crippen molar-refractivity contribution in [3.63, 3.8) is 0 Å². The average molecular weight is 464 g/mol. The number of carbonyl (C=O) groups excluding carboxylic acids is 2. The summed E-state index contributed by atoms with van der Waals surface area (Å²) in [7, 11) is 0. The first-order chi connectivity index (χ1) is 16.3. The minimum atomic E-state index is -0.912. The molecule has 1 amide bonds. The van der Waals surface area contributed by atoms with Crippen LogP contribution in [0.4, 0.5) is 4.79 Å². The molecule has 0 saturated carbocycles. The molecule has 1 N–H and O–H groups in total. The van der Waals surface area contributed by atoms with Gasteiger partial charge in [0.2, 0.25) is 0 Å².